The molecule has 1 aromatic carbocycles. The van der Waals surface area contributed by atoms with Crippen LogP contribution in [0.2, 0.25) is 0 Å². The lowest BCUT2D eigenvalue weighted by Gasteiger charge is -2.36. The Morgan fingerprint density at radius 3 is 2.53 bits per heavy atom. The Morgan fingerprint density at radius 1 is 1.20 bits per heavy atom. The number of esters is 1. The van der Waals surface area contributed by atoms with E-state index >= 15 is 0 Å². The number of nitrogens with zero attached hydrogens (tertiary/aromatic N) is 3. The molecule has 3 aromatic rings. The summed E-state index contributed by atoms with van der Waals surface area (Å²) in [6.45, 7) is 8.40. The first kappa shape index (κ1) is 20.6. The topological polar surface area (TPSA) is 73.7 Å². The standard InChI is InChI=1S/C22H25N3O4S/c1-13-11-24(12-14(2)28-13)20(26)16(4)29-22(27)19-10-18-15(3)23-25(21(18)30-19)17-8-6-5-7-9-17/h5-10,13-14,16H,11-12H2,1-4H3/t13-,14-,16+/m0/s1. The van der Waals surface area contributed by atoms with Crippen molar-refractivity contribution >= 4 is 33.4 Å². The van der Waals surface area contributed by atoms with Crippen molar-refractivity contribution in [3.8, 4) is 5.69 Å². The number of thiophene rings is 1. The number of carbonyl (C=O) groups excluding carboxylic acids is 2. The Hall–Kier alpha value is -2.71. The van der Waals surface area contributed by atoms with Crippen LogP contribution >= 0.6 is 11.3 Å². The lowest BCUT2D eigenvalue weighted by molar-refractivity contribution is -0.151. The van der Waals surface area contributed by atoms with Gasteiger partial charge in [0, 0.05) is 18.5 Å². The average molecular weight is 428 g/mol. The molecule has 1 aliphatic heterocycles. The summed E-state index contributed by atoms with van der Waals surface area (Å²) in [7, 11) is 0. The molecule has 4 rings (SSSR count). The number of hydrogen-bond donors (Lipinski definition) is 0. The van der Waals surface area contributed by atoms with E-state index in [-0.39, 0.29) is 18.1 Å². The van der Waals surface area contributed by atoms with Crippen LogP contribution in [0.5, 0.6) is 0 Å². The Morgan fingerprint density at radius 2 is 1.87 bits per heavy atom. The Bertz CT molecular complexity index is 1060. The summed E-state index contributed by atoms with van der Waals surface area (Å²) < 4.78 is 13.0. The van der Waals surface area contributed by atoms with Crippen LogP contribution in [0, 0.1) is 6.92 Å². The lowest BCUT2D eigenvalue weighted by atomic mass is 10.2. The Labute approximate surface area is 179 Å². The van der Waals surface area contributed by atoms with Crippen molar-refractivity contribution < 1.29 is 19.1 Å². The predicted molar refractivity (Wildman–Crippen MR) is 115 cm³/mol. The first-order valence-electron chi connectivity index (χ1n) is 10.0. The zero-order chi connectivity index (χ0) is 21.4. The van der Waals surface area contributed by atoms with E-state index in [1.165, 1.54) is 11.3 Å². The number of fused-ring (bicyclic) bond motifs is 1. The van der Waals surface area contributed by atoms with Crippen molar-refractivity contribution in [2.75, 3.05) is 13.1 Å². The molecule has 3 heterocycles. The molecular weight excluding hydrogens is 402 g/mol. The van der Waals surface area contributed by atoms with Crippen LogP contribution < -0.4 is 0 Å². The van der Waals surface area contributed by atoms with Crippen LogP contribution in [0.3, 0.4) is 0 Å². The second-order valence-electron chi connectivity index (χ2n) is 7.71. The lowest BCUT2D eigenvalue weighted by Crippen LogP contribution is -2.51. The Kier molecular flexibility index (Phi) is 5.62. The number of aromatic nitrogens is 2. The second kappa shape index (κ2) is 8.20. The number of ether oxygens (including phenoxy) is 2. The first-order valence-corrected chi connectivity index (χ1v) is 10.8. The van der Waals surface area contributed by atoms with Gasteiger partial charge >= 0.3 is 5.97 Å². The highest BCUT2D eigenvalue weighted by Crippen LogP contribution is 2.31. The van der Waals surface area contributed by atoms with E-state index in [0.29, 0.717) is 18.0 Å². The molecule has 0 radical (unpaired) electrons. The van der Waals surface area contributed by atoms with Gasteiger partial charge in [-0.15, -0.1) is 11.3 Å². The van der Waals surface area contributed by atoms with Gasteiger partial charge in [-0.25, -0.2) is 9.48 Å². The fourth-order valence-corrected chi connectivity index (χ4v) is 4.84. The SMILES string of the molecule is Cc1nn(-c2ccccc2)c2sc(C(=O)O[C@H](C)C(=O)N3C[C@H](C)O[C@@H](C)C3)cc12. The number of morpholine rings is 1. The van der Waals surface area contributed by atoms with E-state index in [0.717, 1.165) is 21.6 Å². The average Bonchev–Trinajstić information content (AvgIpc) is 3.28. The minimum atomic E-state index is -0.855. The molecule has 158 valence electrons. The molecule has 3 atom stereocenters. The van der Waals surface area contributed by atoms with Gasteiger partial charge in [0.1, 0.15) is 9.71 Å². The van der Waals surface area contributed by atoms with E-state index < -0.39 is 12.1 Å². The van der Waals surface area contributed by atoms with Gasteiger partial charge in [-0.3, -0.25) is 4.79 Å². The maximum Gasteiger partial charge on any atom is 0.349 e. The van der Waals surface area contributed by atoms with Gasteiger partial charge in [0.05, 0.1) is 23.6 Å². The van der Waals surface area contributed by atoms with E-state index in [2.05, 4.69) is 5.10 Å². The van der Waals surface area contributed by atoms with Gasteiger partial charge < -0.3 is 14.4 Å². The molecule has 1 fully saturated rings. The molecule has 0 aliphatic carbocycles. The quantitative estimate of drug-likeness (QED) is 0.595. The summed E-state index contributed by atoms with van der Waals surface area (Å²) in [6.07, 6.45) is -0.925. The van der Waals surface area contributed by atoms with Gasteiger partial charge in [0.2, 0.25) is 0 Å². The van der Waals surface area contributed by atoms with Crippen LogP contribution in [-0.2, 0) is 14.3 Å². The molecule has 7 nitrogen and oxygen atoms in total. The molecule has 0 bridgehead atoms. The molecule has 1 amide bonds. The number of amides is 1. The highest BCUT2D eigenvalue weighted by atomic mass is 32.1. The maximum absolute atomic E-state index is 12.8. The van der Waals surface area contributed by atoms with Crippen LogP contribution in [0.4, 0.5) is 0 Å². The fraction of sp³-hybridized carbons (Fsp3) is 0.409. The number of para-hydroxylation sites is 1. The number of rotatable bonds is 4. The van der Waals surface area contributed by atoms with Gasteiger partial charge in [-0.05, 0) is 45.9 Å². The van der Waals surface area contributed by atoms with E-state index in [1.807, 2.05) is 55.8 Å². The number of aryl methyl sites for hydroxylation is 1. The monoisotopic (exact) mass is 427 g/mol. The van der Waals surface area contributed by atoms with Crippen molar-refractivity contribution in [2.24, 2.45) is 0 Å². The number of benzene rings is 1. The van der Waals surface area contributed by atoms with Crippen LogP contribution in [0.1, 0.15) is 36.1 Å². The van der Waals surface area contributed by atoms with Crippen molar-refractivity contribution in [1.82, 2.24) is 14.7 Å². The zero-order valence-corrected chi connectivity index (χ0v) is 18.3. The highest BCUT2D eigenvalue weighted by Gasteiger charge is 2.31. The van der Waals surface area contributed by atoms with Crippen LogP contribution in [0.15, 0.2) is 36.4 Å². The number of hydrogen-bond acceptors (Lipinski definition) is 6. The van der Waals surface area contributed by atoms with Gasteiger partial charge in [-0.2, -0.15) is 5.10 Å². The summed E-state index contributed by atoms with van der Waals surface area (Å²) in [5, 5.41) is 5.50. The molecule has 30 heavy (non-hydrogen) atoms. The summed E-state index contributed by atoms with van der Waals surface area (Å²) >= 11 is 1.32. The van der Waals surface area contributed by atoms with Crippen molar-refractivity contribution in [1.29, 1.82) is 0 Å². The van der Waals surface area contributed by atoms with E-state index in [4.69, 9.17) is 9.47 Å². The molecule has 1 saturated heterocycles. The fourth-order valence-electron chi connectivity index (χ4n) is 3.78. The van der Waals surface area contributed by atoms with Gasteiger partial charge in [-0.1, -0.05) is 18.2 Å². The van der Waals surface area contributed by atoms with Gasteiger partial charge in [0.15, 0.2) is 6.10 Å². The highest BCUT2D eigenvalue weighted by molar-refractivity contribution is 7.20. The third kappa shape index (κ3) is 3.97. The molecular formula is C22H25N3O4S. The van der Waals surface area contributed by atoms with Crippen LogP contribution in [-0.4, -0.2) is 58.0 Å². The molecule has 0 saturated carbocycles. The normalized spacial score (nSPS) is 20.3. The molecule has 0 spiro atoms. The zero-order valence-electron chi connectivity index (χ0n) is 17.5. The first-order chi connectivity index (χ1) is 14.3. The largest absolute Gasteiger partial charge is 0.448 e. The number of carbonyl (C=O) groups is 2. The summed E-state index contributed by atoms with van der Waals surface area (Å²) in [5.41, 5.74) is 1.76. The minimum Gasteiger partial charge on any atom is -0.448 e. The van der Waals surface area contributed by atoms with Gasteiger partial charge in [0.25, 0.3) is 5.91 Å². The van der Waals surface area contributed by atoms with Crippen LogP contribution in [0.25, 0.3) is 15.9 Å². The third-order valence-corrected chi connectivity index (χ3v) is 6.20. The predicted octanol–water partition coefficient (Wildman–Crippen LogP) is 3.58. The molecule has 0 unspecified atom stereocenters. The molecule has 0 N–H and O–H groups in total. The smallest absolute Gasteiger partial charge is 0.349 e. The maximum atomic E-state index is 12.8. The third-order valence-electron chi connectivity index (χ3n) is 5.11. The van der Waals surface area contributed by atoms with E-state index in [9.17, 15) is 9.59 Å². The Balaban J connectivity index is 1.51. The summed E-state index contributed by atoms with van der Waals surface area (Å²) in [6, 6.07) is 11.6. The molecule has 1 aliphatic rings. The summed E-state index contributed by atoms with van der Waals surface area (Å²) in [5.74, 6) is -0.691. The molecule has 2 aromatic heterocycles. The van der Waals surface area contributed by atoms with Crippen molar-refractivity contribution in [3.05, 3.63) is 47.0 Å². The second-order valence-corrected chi connectivity index (χ2v) is 8.74. The summed E-state index contributed by atoms with van der Waals surface area (Å²) in [4.78, 5) is 28.6. The van der Waals surface area contributed by atoms with Crippen molar-refractivity contribution in [3.63, 3.8) is 0 Å². The minimum absolute atomic E-state index is 0.0351. The van der Waals surface area contributed by atoms with E-state index in [1.54, 1.807) is 17.9 Å². The van der Waals surface area contributed by atoms with Crippen molar-refractivity contribution in [2.45, 2.75) is 46.0 Å². The molecule has 8 heteroatoms.